The molecule has 1 aromatic heterocycles. The van der Waals surface area contributed by atoms with E-state index in [0.717, 1.165) is 5.56 Å². The maximum atomic E-state index is 13.0. The molecule has 0 radical (unpaired) electrons. The maximum absolute atomic E-state index is 13.0. The number of methoxy groups -OCH3 is 1. The largest absolute Gasteiger partial charge is 0.493 e. The zero-order chi connectivity index (χ0) is 21.6. The van der Waals surface area contributed by atoms with Gasteiger partial charge in [0.2, 0.25) is 11.2 Å². The fourth-order valence-corrected chi connectivity index (χ4v) is 3.18. The Morgan fingerprint density at radius 3 is 2.45 bits per heavy atom. The molecule has 0 saturated carbocycles. The second kappa shape index (κ2) is 9.22. The van der Waals surface area contributed by atoms with Crippen molar-refractivity contribution in [3.05, 3.63) is 100 Å². The normalized spacial score (nSPS) is 11.0. The average Bonchev–Trinajstić information content (AvgIpc) is 2.80. The van der Waals surface area contributed by atoms with Crippen LogP contribution >= 0.6 is 0 Å². The molecule has 3 aromatic carbocycles. The number of para-hydroxylation sites is 2. The minimum Gasteiger partial charge on any atom is -0.493 e. The van der Waals surface area contributed by atoms with Gasteiger partial charge >= 0.3 is 0 Å². The van der Waals surface area contributed by atoms with Gasteiger partial charge in [0, 0.05) is 6.07 Å². The number of fused-ring (bicyclic) bond motifs is 1. The number of rotatable bonds is 7. The molecule has 0 bridgehead atoms. The van der Waals surface area contributed by atoms with E-state index in [9.17, 15) is 4.79 Å². The van der Waals surface area contributed by atoms with Crippen molar-refractivity contribution < 1.29 is 18.6 Å². The molecule has 1 heterocycles. The molecule has 5 heteroatoms. The molecule has 0 aliphatic rings. The van der Waals surface area contributed by atoms with Crippen molar-refractivity contribution in [3.8, 4) is 23.0 Å². The molecule has 0 fully saturated rings. The first kappa shape index (κ1) is 20.3. The second-order valence-electron chi connectivity index (χ2n) is 6.85. The van der Waals surface area contributed by atoms with Gasteiger partial charge in [-0.05, 0) is 42.8 Å². The Morgan fingerprint density at radius 1 is 0.935 bits per heavy atom. The summed E-state index contributed by atoms with van der Waals surface area (Å²) < 4.78 is 22.8. The number of benzene rings is 3. The first-order valence-corrected chi connectivity index (χ1v) is 9.88. The zero-order valence-corrected chi connectivity index (χ0v) is 17.3. The van der Waals surface area contributed by atoms with Gasteiger partial charge in [-0.1, -0.05) is 48.5 Å². The zero-order valence-electron chi connectivity index (χ0n) is 17.3. The highest BCUT2D eigenvalue weighted by atomic mass is 16.5. The van der Waals surface area contributed by atoms with Crippen LogP contribution in [0.5, 0.6) is 23.0 Å². The molecule has 4 aromatic rings. The summed E-state index contributed by atoms with van der Waals surface area (Å²) in [4.78, 5) is 13.0. The number of ether oxygens (including phenoxy) is 3. The van der Waals surface area contributed by atoms with E-state index in [1.165, 1.54) is 0 Å². The predicted octanol–water partition coefficient (Wildman–Crippen LogP) is 5.99. The molecule has 0 unspecified atom stereocenters. The Kier molecular flexibility index (Phi) is 6.03. The van der Waals surface area contributed by atoms with E-state index in [1.54, 1.807) is 44.4 Å². The molecule has 0 N–H and O–H groups in total. The van der Waals surface area contributed by atoms with Crippen LogP contribution in [0.4, 0.5) is 0 Å². The van der Waals surface area contributed by atoms with E-state index in [2.05, 4.69) is 0 Å². The Labute approximate surface area is 180 Å². The van der Waals surface area contributed by atoms with Crippen molar-refractivity contribution in [1.29, 1.82) is 0 Å². The number of aryl methyl sites for hydroxylation is 1. The first-order chi connectivity index (χ1) is 15.2. The Morgan fingerprint density at radius 2 is 1.68 bits per heavy atom. The lowest BCUT2D eigenvalue weighted by molar-refractivity contribution is 0.362. The Hall–Kier alpha value is -3.99. The molecule has 0 atom stereocenters. The summed E-state index contributed by atoms with van der Waals surface area (Å²) in [6.07, 6.45) is 3.93. The molecular formula is C26H22O5. The van der Waals surface area contributed by atoms with Crippen LogP contribution in [0.25, 0.3) is 17.0 Å². The van der Waals surface area contributed by atoms with Crippen LogP contribution in [0.2, 0.25) is 0 Å². The first-order valence-electron chi connectivity index (χ1n) is 9.88. The van der Waals surface area contributed by atoms with Crippen LogP contribution in [0, 0.1) is 6.92 Å². The summed E-state index contributed by atoms with van der Waals surface area (Å²) in [5, 5.41) is 0.419. The summed E-state index contributed by atoms with van der Waals surface area (Å²) in [5.41, 5.74) is 1.30. The highest BCUT2D eigenvalue weighted by molar-refractivity contribution is 5.79. The fourth-order valence-electron chi connectivity index (χ4n) is 3.18. The van der Waals surface area contributed by atoms with Gasteiger partial charge in [0.05, 0.1) is 12.5 Å². The standard InChI is InChI=1S/C26H22O5/c1-18-26(31-23-13-7-6-12-22(23)28-2)25(27)21-15-14-20(17-24(21)30-18)29-16-8-11-19-9-4-3-5-10-19/h3-15,17H,16H2,1-2H3/b11-8+. The van der Waals surface area contributed by atoms with Crippen LogP contribution in [0.3, 0.4) is 0 Å². The Balaban J connectivity index is 1.55. The summed E-state index contributed by atoms with van der Waals surface area (Å²) in [7, 11) is 1.55. The van der Waals surface area contributed by atoms with Gasteiger partial charge < -0.3 is 18.6 Å². The van der Waals surface area contributed by atoms with Crippen LogP contribution < -0.4 is 19.6 Å². The van der Waals surface area contributed by atoms with E-state index < -0.39 is 0 Å². The Bertz CT molecular complexity index is 1270. The van der Waals surface area contributed by atoms with Crippen LogP contribution in [-0.2, 0) is 0 Å². The minimum atomic E-state index is -0.250. The molecule has 0 aliphatic heterocycles. The van der Waals surface area contributed by atoms with Crippen molar-refractivity contribution in [1.82, 2.24) is 0 Å². The highest BCUT2D eigenvalue weighted by Gasteiger charge is 2.16. The van der Waals surface area contributed by atoms with Gasteiger partial charge in [-0.15, -0.1) is 0 Å². The summed E-state index contributed by atoms with van der Waals surface area (Å²) >= 11 is 0. The van der Waals surface area contributed by atoms with Crippen molar-refractivity contribution in [2.45, 2.75) is 6.92 Å². The van der Waals surface area contributed by atoms with Crippen molar-refractivity contribution in [3.63, 3.8) is 0 Å². The molecule has 4 rings (SSSR count). The molecule has 156 valence electrons. The third-order valence-electron chi connectivity index (χ3n) is 4.72. The molecule has 31 heavy (non-hydrogen) atoms. The topological polar surface area (TPSA) is 57.9 Å². The lowest BCUT2D eigenvalue weighted by Crippen LogP contribution is -2.08. The molecule has 0 spiro atoms. The molecule has 5 nitrogen and oxygen atoms in total. The maximum Gasteiger partial charge on any atom is 0.235 e. The molecular weight excluding hydrogens is 392 g/mol. The third-order valence-corrected chi connectivity index (χ3v) is 4.72. The monoisotopic (exact) mass is 414 g/mol. The third kappa shape index (κ3) is 4.61. The number of hydrogen-bond donors (Lipinski definition) is 0. The van der Waals surface area contributed by atoms with E-state index in [4.69, 9.17) is 18.6 Å². The smallest absolute Gasteiger partial charge is 0.235 e. The SMILES string of the molecule is COc1ccccc1Oc1c(C)oc2cc(OC/C=C/c3ccccc3)ccc2c1=O. The van der Waals surface area contributed by atoms with Crippen molar-refractivity contribution >= 4 is 17.0 Å². The molecule has 0 saturated heterocycles. The van der Waals surface area contributed by atoms with E-state index in [-0.39, 0.29) is 11.2 Å². The fraction of sp³-hybridized carbons (Fsp3) is 0.115. The van der Waals surface area contributed by atoms with Gasteiger partial charge in [-0.2, -0.15) is 0 Å². The summed E-state index contributed by atoms with van der Waals surface area (Å²) in [5.74, 6) is 2.12. The number of hydrogen-bond acceptors (Lipinski definition) is 5. The van der Waals surface area contributed by atoms with Gasteiger partial charge in [-0.3, -0.25) is 4.79 Å². The lowest BCUT2D eigenvalue weighted by Gasteiger charge is -2.12. The van der Waals surface area contributed by atoms with E-state index >= 15 is 0 Å². The van der Waals surface area contributed by atoms with Gasteiger partial charge in [-0.25, -0.2) is 0 Å². The molecule has 0 amide bonds. The van der Waals surface area contributed by atoms with Crippen molar-refractivity contribution in [2.75, 3.05) is 13.7 Å². The van der Waals surface area contributed by atoms with E-state index in [1.807, 2.05) is 54.6 Å². The van der Waals surface area contributed by atoms with Crippen molar-refractivity contribution in [2.24, 2.45) is 0 Å². The second-order valence-corrected chi connectivity index (χ2v) is 6.85. The summed E-state index contributed by atoms with van der Waals surface area (Å²) in [6, 6.07) is 22.3. The van der Waals surface area contributed by atoms with Gasteiger partial charge in [0.25, 0.3) is 0 Å². The summed E-state index contributed by atoms with van der Waals surface area (Å²) in [6.45, 7) is 2.10. The quantitative estimate of drug-likeness (QED) is 0.371. The average molecular weight is 414 g/mol. The minimum absolute atomic E-state index is 0.136. The molecule has 0 aliphatic carbocycles. The van der Waals surface area contributed by atoms with Gasteiger partial charge in [0.15, 0.2) is 11.5 Å². The van der Waals surface area contributed by atoms with Crippen LogP contribution in [-0.4, -0.2) is 13.7 Å². The van der Waals surface area contributed by atoms with Gasteiger partial charge in [0.1, 0.15) is 23.7 Å². The van der Waals surface area contributed by atoms with Crippen LogP contribution in [0.15, 0.2) is 88.1 Å². The highest BCUT2D eigenvalue weighted by Crippen LogP contribution is 2.32. The van der Waals surface area contributed by atoms with E-state index in [0.29, 0.717) is 40.6 Å². The lowest BCUT2D eigenvalue weighted by atomic mass is 10.2. The van der Waals surface area contributed by atoms with Crippen LogP contribution in [0.1, 0.15) is 11.3 Å². The predicted molar refractivity (Wildman–Crippen MR) is 121 cm³/mol.